The molecule has 0 aliphatic heterocycles. The third-order valence-corrected chi connectivity index (χ3v) is 5.93. The number of carbonyl (C=O) groups is 1. The summed E-state index contributed by atoms with van der Waals surface area (Å²) in [7, 11) is 0. The smallest absolute Gasteiger partial charge is 0.243 e. The molecule has 0 saturated carbocycles. The summed E-state index contributed by atoms with van der Waals surface area (Å²) in [6, 6.07) is 20.3. The van der Waals surface area contributed by atoms with Gasteiger partial charge in [0.1, 0.15) is 6.54 Å². The Labute approximate surface area is 198 Å². The summed E-state index contributed by atoms with van der Waals surface area (Å²) in [6.07, 6.45) is 4.51. The fraction of sp³-hybridized carbons (Fsp3) is 0.231. The Hall–Kier alpha value is -3.58. The first-order valence-corrected chi connectivity index (χ1v) is 11.4. The van der Waals surface area contributed by atoms with E-state index < -0.39 is 0 Å². The molecule has 0 fully saturated rings. The highest BCUT2D eigenvalue weighted by atomic mass is 32.1. The molecule has 0 bridgehead atoms. The highest BCUT2D eigenvalue weighted by molar-refractivity contribution is 7.71. The number of H-pyrrole nitrogens is 1. The SMILES string of the molecule is CCc1ccc(CN(Cc2cccnc2)C(=O)Cn2c(-c3ccc(C)cc3)n[nH]c2=S)cc1. The Morgan fingerprint density at radius 1 is 1.00 bits per heavy atom. The fourth-order valence-electron chi connectivity index (χ4n) is 3.67. The minimum atomic E-state index is -0.0377. The molecule has 0 saturated heterocycles. The van der Waals surface area contributed by atoms with Crippen LogP contribution in [-0.2, 0) is 30.8 Å². The monoisotopic (exact) mass is 457 g/mol. The fourth-order valence-corrected chi connectivity index (χ4v) is 3.86. The first-order valence-electron chi connectivity index (χ1n) is 11.0. The van der Waals surface area contributed by atoms with Gasteiger partial charge < -0.3 is 4.90 Å². The van der Waals surface area contributed by atoms with Crippen LogP contribution in [-0.4, -0.2) is 30.6 Å². The number of hydrogen-bond acceptors (Lipinski definition) is 4. The van der Waals surface area contributed by atoms with Crippen molar-refractivity contribution < 1.29 is 4.79 Å². The highest BCUT2D eigenvalue weighted by Crippen LogP contribution is 2.19. The number of nitrogens with zero attached hydrogens (tertiary/aromatic N) is 4. The molecule has 2 heterocycles. The number of rotatable bonds is 8. The number of aromatic amines is 1. The minimum Gasteiger partial charge on any atom is -0.332 e. The summed E-state index contributed by atoms with van der Waals surface area (Å²) in [4.78, 5) is 19.6. The van der Waals surface area contributed by atoms with E-state index in [0.29, 0.717) is 23.7 Å². The zero-order chi connectivity index (χ0) is 23.2. The predicted molar refractivity (Wildman–Crippen MR) is 132 cm³/mol. The molecule has 4 rings (SSSR count). The lowest BCUT2D eigenvalue weighted by molar-refractivity contribution is -0.133. The van der Waals surface area contributed by atoms with Crippen molar-refractivity contribution in [2.45, 2.75) is 39.9 Å². The summed E-state index contributed by atoms with van der Waals surface area (Å²) in [5, 5.41) is 7.22. The van der Waals surface area contributed by atoms with E-state index >= 15 is 0 Å². The van der Waals surface area contributed by atoms with Crippen molar-refractivity contribution in [1.82, 2.24) is 24.6 Å². The van der Waals surface area contributed by atoms with Crippen molar-refractivity contribution in [2.75, 3.05) is 0 Å². The van der Waals surface area contributed by atoms with E-state index in [1.165, 1.54) is 5.56 Å². The molecule has 6 nitrogen and oxygen atoms in total. The zero-order valence-corrected chi connectivity index (χ0v) is 19.7. The maximum atomic E-state index is 13.5. The van der Waals surface area contributed by atoms with Crippen LogP contribution in [0.25, 0.3) is 11.4 Å². The third kappa shape index (κ3) is 5.62. The number of aromatic nitrogens is 4. The number of nitrogens with one attached hydrogen (secondary N) is 1. The zero-order valence-electron chi connectivity index (χ0n) is 18.9. The number of amides is 1. The van der Waals surface area contributed by atoms with Crippen LogP contribution in [0.15, 0.2) is 73.1 Å². The molecule has 2 aromatic carbocycles. The van der Waals surface area contributed by atoms with Crippen molar-refractivity contribution in [2.24, 2.45) is 0 Å². The number of benzene rings is 2. The van der Waals surface area contributed by atoms with Crippen LogP contribution in [0.4, 0.5) is 0 Å². The van der Waals surface area contributed by atoms with Gasteiger partial charge in [0.2, 0.25) is 5.91 Å². The topological polar surface area (TPSA) is 66.8 Å². The van der Waals surface area contributed by atoms with Gasteiger partial charge in [-0.25, -0.2) is 0 Å². The molecular weight excluding hydrogens is 430 g/mol. The van der Waals surface area contributed by atoms with Gasteiger partial charge in [0.05, 0.1) is 0 Å². The lowest BCUT2D eigenvalue weighted by Crippen LogP contribution is -2.33. The third-order valence-electron chi connectivity index (χ3n) is 5.61. The van der Waals surface area contributed by atoms with E-state index in [2.05, 4.69) is 46.4 Å². The minimum absolute atomic E-state index is 0.0377. The Bertz CT molecular complexity index is 1260. The molecule has 0 unspecified atom stereocenters. The van der Waals surface area contributed by atoms with Crippen LogP contribution in [0.2, 0.25) is 0 Å². The molecule has 0 atom stereocenters. The first-order chi connectivity index (χ1) is 16.0. The molecule has 0 aliphatic rings. The van der Waals surface area contributed by atoms with Crippen molar-refractivity contribution in [3.63, 3.8) is 0 Å². The lowest BCUT2D eigenvalue weighted by atomic mass is 10.1. The largest absolute Gasteiger partial charge is 0.332 e. The summed E-state index contributed by atoms with van der Waals surface area (Å²) in [5.74, 6) is 0.617. The van der Waals surface area contributed by atoms with Gasteiger partial charge in [-0.2, -0.15) is 5.10 Å². The first kappa shape index (κ1) is 22.6. The van der Waals surface area contributed by atoms with Crippen molar-refractivity contribution in [3.05, 3.63) is 100 Å². The van der Waals surface area contributed by atoms with Crippen molar-refractivity contribution in [1.29, 1.82) is 0 Å². The number of hydrogen-bond donors (Lipinski definition) is 1. The van der Waals surface area contributed by atoms with Gasteiger partial charge in [0.15, 0.2) is 10.6 Å². The van der Waals surface area contributed by atoms with Gasteiger partial charge in [-0.3, -0.25) is 19.4 Å². The maximum absolute atomic E-state index is 13.5. The summed E-state index contributed by atoms with van der Waals surface area (Å²) in [6.45, 7) is 5.24. The maximum Gasteiger partial charge on any atom is 0.243 e. The second-order valence-electron chi connectivity index (χ2n) is 8.09. The van der Waals surface area contributed by atoms with E-state index in [1.807, 2.05) is 48.2 Å². The predicted octanol–water partition coefficient (Wildman–Crippen LogP) is 5.10. The van der Waals surface area contributed by atoms with Crippen LogP contribution < -0.4 is 0 Å². The quantitative estimate of drug-likeness (QED) is 0.374. The highest BCUT2D eigenvalue weighted by Gasteiger charge is 2.19. The molecule has 2 aromatic heterocycles. The molecule has 1 N–H and O–H groups in total. The normalized spacial score (nSPS) is 10.8. The van der Waals surface area contributed by atoms with Crippen LogP contribution in [0.5, 0.6) is 0 Å². The summed E-state index contributed by atoms with van der Waals surface area (Å²) >= 11 is 5.45. The molecule has 168 valence electrons. The van der Waals surface area contributed by atoms with Gasteiger partial charge in [-0.05, 0) is 48.3 Å². The number of pyridine rings is 1. The molecule has 33 heavy (non-hydrogen) atoms. The lowest BCUT2D eigenvalue weighted by Gasteiger charge is -2.23. The van der Waals surface area contributed by atoms with Crippen LogP contribution in [0, 0.1) is 11.7 Å². The Morgan fingerprint density at radius 2 is 1.70 bits per heavy atom. The Morgan fingerprint density at radius 3 is 2.36 bits per heavy atom. The van der Waals surface area contributed by atoms with Gasteiger partial charge in [0, 0.05) is 31.0 Å². The molecular formula is C26H27N5OS. The summed E-state index contributed by atoms with van der Waals surface area (Å²) in [5.41, 5.74) is 5.41. The van der Waals surface area contributed by atoms with E-state index in [-0.39, 0.29) is 12.5 Å². The van der Waals surface area contributed by atoms with Crippen molar-refractivity contribution in [3.8, 4) is 11.4 Å². The summed E-state index contributed by atoms with van der Waals surface area (Å²) < 4.78 is 2.19. The second-order valence-corrected chi connectivity index (χ2v) is 8.47. The van der Waals surface area contributed by atoms with Crippen molar-refractivity contribution >= 4 is 18.1 Å². The van der Waals surface area contributed by atoms with E-state index in [0.717, 1.165) is 28.7 Å². The molecule has 0 aliphatic carbocycles. The Kier molecular flexibility index (Phi) is 7.10. The second kappa shape index (κ2) is 10.4. The van der Waals surface area contributed by atoms with E-state index in [1.54, 1.807) is 17.0 Å². The van der Waals surface area contributed by atoms with Gasteiger partial charge in [-0.15, -0.1) is 0 Å². The average molecular weight is 458 g/mol. The number of aryl methyl sites for hydroxylation is 2. The van der Waals surface area contributed by atoms with E-state index in [4.69, 9.17) is 12.2 Å². The van der Waals surface area contributed by atoms with Gasteiger partial charge >= 0.3 is 0 Å². The molecule has 1 amide bonds. The van der Waals surface area contributed by atoms with Gasteiger partial charge in [0.25, 0.3) is 0 Å². The van der Waals surface area contributed by atoms with Gasteiger partial charge in [-0.1, -0.05) is 67.1 Å². The average Bonchev–Trinajstić information content (AvgIpc) is 3.20. The standard InChI is InChI=1S/C26H27N5OS/c1-3-20-8-10-21(11-9-20)16-30(17-22-5-4-14-27-15-22)24(32)18-31-25(28-29-26(31)33)23-12-6-19(2)7-13-23/h4-15H,3,16-18H2,1-2H3,(H,29,33). The molecule has 0 spiro atoms. The van der Waals surface area contributed by atoms with Crippen LogP contribution >= 0.6 is 12.2 Å². The Balaban J connectivity index is 1.60. The van der Waals surface area contributed by atoms with Crippen LogP contribution in [0.1, 0.15) is 29.2 Å². The van der Waals surface area contributed by atoms with Crippen LogP contribution in [0.3, 0.4) is 0 Å². The van der Waals surface area contributed by atoms with E-state index in [9.17, 15) is 4.79 Å². The molecule has 0 radical (unpaired) electrons. The molecule has 4 aromatic rings. The molecule has 7 heteroatoms. The number of carbonyl (C=O) groups excluding carboxylic acids is 1.